The summed E-state index contributed by atoms with van der Waals surface area (Å²) in [5.74, 6) is -0.248. The van der Waals surface area contributed by atoms with Crippen LogP contribution in [-0.4, -0.2) is 5.78 Å². The molecule has 0 spiro atoms. The van der Waals surface area contributed by atoms with Gasteiger partial charge in [-0.3, -0.25) is 4.79 Å². The van der Waals surface area contributed by atoms with E-state index in [0.717, 1.165) is 0 Å². The number of hydrogen-bond acceptors (Lipinski definition) is 2. The molecule has 12 heavy (non-hydrogen) atoms. The van der Waals surface area contributed by atoms with E-state index in [0.29, 0.717) is 11.3 Å². The molecule has 0 aromatic heterocycles. The van der Waals surface area contributed by atoms with Crippen molar-refractivity contribution in [3.63, 3.8) is 0 Å². The molecule has 4 nitrogen and oxygen atoms in total. The summed E-state index contributed by atoms with van der Waals surface area (Å²) in [5, 5.41) is 3.36. The van der Waals surface area contributed by atoms with E-state index in [4.69, 9.17) is 5.53 Å². The van der Waals surface area contributed by atoms with Crippen LogP contribution in [0, 0.1) is 6.92 Å². The highest BCUT2D eigenvalue weighted by molar-refractivity contribution is 5.99. The minimum absolute atomic E-state index is 0.248. The first-order valence-corrected chi connectivity index (χ1v) is 3.25. The van der Waals surface area contributed by atoms with Crippen molar-refractivity contribution in [2.75, 3.05) is 0 Å². The molecule has 0 aliphatic heterocycles. The van der Waals surface area contributed by atoms with Crippen LogP contribution in [-0.2, 0) is 0 Å². The summed E-state index contributed by atoms with van der Waals surface area (Å²) in [6.45, 7) is 3.24. The van der Waals surface area contributed by atoms with Gasteiger partial charge >= 0.3 is 0 Å². The Morgan fingerprint density at radius 1 is 1.42 bits per heavy atom. The summed E-state index contributed by atoms with van der Waals surface area (Å²) in [6, 6.07) is 6.27. The molecule has 0 atom stereocenters. The Balaban J connectivity index is 3.00. The summed E-state index contributed by atoms with van der Waals surface area (Å²) >= 11 is 0. The molecule has 0 bridgehead atoms. The second kappa shape index (κ2) is 3.55. The van der Waals surface area contributed by atoms with Crippen LogP contribution in [0.25, 0.3) is 10.4 Å². The van der Waals surface area contributed by atoms with Gasteiger partial charge in [-0.05, 0) is 5.53 Å². The van der Waals surface area contributed by atoms with Crippen molar-refractivity contribution in [1.82, 2.24) is 0 Å². The fourth-order valence-electron chi connectivity index (χ4n) is 0.766. The number of carbonyl (C=O) groups is 1. The molecule has 0 aliphatic carbocycles. The molecular weight excluding hydrogens is 154 g/mol. The molecule has 1 aromatic rings. The molecule has 0 aliphatic rings. The van der Waals surface area contributed by atoms with Crippen LogP contribution < -0.4 is 0 Å². The molecule has 1 aromatic carbocycles. The fraction of sp³-hybridized carbons (Fsp3) is 0. The quantitative estimate of drug-likeness (QED) is 0.284. The van der Waals surface area contributed by atoms with Crippen LogP contribution in [0.3, 0.4) is 0 Å². The predicted octanol–water partition coefficient (Wildman–Crippen LogP) is 2.65. The van der Waals surface area contributed by atoms with Gasteiger partial charge in [0.15, 0.2) is 5.78 Å². The van der Waals surface area contributed by atoms with E-state index >= 15 is 0 Å². The number of hydrogen-bond donors (Lipinski definition) is 0. The zero-order chi connectivity index (χ0) is 8.97. The molecule has 4 heteroatoms. The zero-order valence-corrected chi connectivity index (χ0v) is 6.27. The summed E-state index contributed by atoms with van der Waals surface area (Å²) in [4.78, 5) is 13.3. The third kappa shape index (κ3) is 1.84. The maximum atomic E-state index is 10.7. The molecule has 0 heterocycles. The summed E-state index contributed by atoms with van der Waals surface area (Å²) in [6.07, 6.45) is 0. The van der Waals surface area contributed by atoms with Crippen LogP contribution >= 0.6 is 0 Å². The van der Waals surface area contributed by atoms with Crippen molar-refractivity contribution in [1.29, 1.82) is 0 Å². The zero-order valence-electron chi connectivity index (χ0n) is 6.27. The molecule has 0 unspecified atom stereocenters. The van der Waals surface area contributed by atoms with Gasteiger partial charge in [-0.25, -0.2) is 0 Å². The Hall–Kier alpha value is -1.80. The van der Waals surface area contributed by atoms with E-state index in [1.165, 1.54) is 0 Å². The summed E-state index contributed by atoms with van der Waals surface area (Å²) < 4.78 is 0. The van der Waals surface area contributed by atoms with Gasteiger partial charge in [-0.2, -0.15) is 0 Å². The summed E-state index contributed by atoms with van der Waals surface area (Å²) in [7, 11) is 0. The van der Waals surface area contributed by atoms with Crippen molar-refractivity contribution >= 4 is 11.5 Å². The minimum atomic E-state index is -0.248. The smallest absolute Gasteiger partial charge is 0.163 e. The van der Waals surface area contributed by atoms with Crippen molar-refractivity contribution in [3.8, 4) is 0 Å². The van der Waals surface area contributed by atoms with E-state index in [9.17, 15) is 4.79 Å². The van der Waals surface area contributed by atoms with Gasteiger partial charge in [-0.1, -0.05) is 29.4 Å². The molecule has 0 saturated heterocycles. The normalized spacial score (nSPS) is 8.75. The van der Waals surface area contributed by atoms with Gasteiger partial charge in [0.2, 0.25) is 0 Å². The lowest BCUT2D eigenvalue weighted by Gasteiger charge is -1.93. The maximum absolute atomic E-state index is 10.7. The standard InChI is InChI=1S/C8H6N3O/c1-6(12)7-2-4-8(5-3-7)10-11-9/h2-5H,1H2. The number of carbonyl (C=O) groups excluding carboxylic acids is 1. The van der Waals surface area contributed by atoms with Crippen molar-refractivity contribution < 1.29 is 4.79 Å². The predicted molar refractivity (Wildman–Crippen MR) is 44.9 cm³/mol. The van der Waals surface area contributed by atoms with E-state index in [2.05, 4.69) is 16.9 Å². The van der Waals surface area contributed by atoms with Crippen LogP contribution in [0.5, 0.6) is 0 Å². The van der Waals surface area contributed by atoms with Crippen LogP contribution in [0.2, 0.25) is 0 Å². The topological polar surface area (TPSA) is 65.8 Å². The van der Waals surface area contributed by atoms with Crippen LogP contribution in [0.4, 0.5) is 5.69 Å². The first-order valence-electron chi connectivity index (χ1n) is 3.25. The molecule has 1 radical (unpaired) electrons. The van der Waals surface area contributed by atoms with Crippen LogP contribution in [0.1, 0.15) is 10.4 Å². The highest BCUT2D eigenvalue weighted by Gasteiger charge is 1.96. The first-order chi connectivity index (χ1) is 5.74. The van der Waals surface area contributed by atoms with Gasteiger partial charge in [0.05, 0.1) is 0 Å². The number of azide groups is 1. The summed E-state index contributed by atoms with van der Waals surface area (Å²) in [5.41, 5.74) is 9.07. The number of Topliss-reactive ketones (excluding diaryl/α,β-unsaturated/α-hetero) is 1. The lowest BCUT2D eigenvalue weighted by Crippen LogP contribution is -1.89. The fourth-order valence-corrected chi connectivity index (χ4v) is 0.766. The third-order valence-corrected chi connectivity index (χ3v) is 1.35. The lowest BCUT2D eigenvalue weighted by atomic mass is 10.1. The Labute approximate surface area is 69.5 Å². The van der Waals surface area contributed by atoms with E-state index in [1.807, 2.05) is 0 Å². The van der Waals surface area contributed by atoms with Crippen LogP contribution in [0.15, 0.2) is 29.4 Å². The minimum Gasteiger partial charge on any atom is -0.294 e. The Morgan fingerprint density at radius 3 is 2.42 bits per heavy atom. The molecular formula is C8H6N3O. The maximum Gasteiger partial charge on any atom is 0.163 e. The van der Waals surface area contributed by atoms with Crippen molar-refractivity contribution in [2.45, 2.75) is 0 Å². The highest BCUT2D eigenvalue weighted by atomic mass is 16.1. The Bertz CT molecular complexity index is 315. The van der Waals surface area contributed by atoms with Gasteiger partial charge < -0.3 is 0 Å². The lowest BCUT2D eigenvalue weighted by molar-refractivity contribution is 0.104. The molecule has 0 amide bonds. The second-order valence-electron chi connectivity index (χ2n) is 2.16. The van der Waals surface area contributed by atoms with E-state index in [-0.39, 0.29) is 5.78 Å². The van der Waals surface area contributed by atoms with E-state index in [1.54, 1.807) is 24.3 Å². The number of ketones is 1. The SMILES string of the molecule is [CH2]C(=O)c1ccc(N=[N+]=[N-])cc1. The Kier molecular flexibility index (Phi) is 2.46. The number of benzene rings is 1. The second-order valence-corrected chi connectivity index (χ2v) is 2.16. The van der Waals surface area contributed by atoms with Gasteiger partial charge in [0.25, 0.3) is 0 Å². The molecule has 0 N–H and O–H groups in total. The number of nitrogens with zero attached hydrogens (tertiary/aromatic N) is 3. The third-order valence-electron chi connectivity index (χ3n) is 1.35. The average molecular weight is 160 g/mol. The average Bonchev–Trinajstić information content (AvgIpc) is 2.06. The first kappa shape index (κ1) is 8.30. The van der Waals surface area contributed by atoms with Gasteiger partial charge in [0.1, 0.15) is 0 Å². The molecule has 59 valence electrons. The Morgan fingerprint density at radius 2 is 2.00 bits per heavy atom. The molecule has 1 rings (SSSR count). The van der Waals surface area contributed by atoms with E-state index < -0.39 is 0 Å². The van der Waals surface area contributed by atoms with Gasteiger partial charge in [-0.15, -0.1) is 0 Å². The van der Waals surface area contributed by atoms with Crippen molar-refractivity contribution in [2.24, 2.45) is 5.11 Å². The van der Waals surface area contributed by atoms with Gasteiger partial charge in [0, 0.05) is 23.1 Å². The van der Waals surface area contributed by atoms with Crippen molar-refractivity contribution in [3.05, 3.63) is 47.2 Å². The highest BCUT2D eigenvalue weighted by Crippen LogP contribution is 2.12. The molecule has 0 fully saturated rings. The largest absolute Gasteiger partial charge is 0.294 e. The molecule has 0 saturated carbocycles. The number of rotatable bonds is 2. The monoisotopic (exact) mass is 160 g/mol.